The molecule has 268 valence electrons. The molecular formula is C54H38N2Si. The van der Waals surface area contributed by atoms with Gasteiger partial charge < -0.3 is 9.13 Å². The molecule has 11 rings (SSSR count). The Morgan fingerprint density at radius 3 is 1.25 bits per heavy atom. The Hall–Kier alpha value is -7.20. The zero-order valence-corrected chi connectivity index (χ0v) is 32.3. The molecule has 11 aromatic rings. The minimum Gasteiger partial charge on any atom is -0.309 e. The second-order valence-electron chi connectivity index (χ2n) is 14.9. The van der Waals surface area contributed by atoms with E-state index in [-0.39, 0.29) is 0 Å². The van der Waals surface area contributed by atoms with Gasteiger partial charge >= 0.3 is 0 Å². The van der Waals surface area contributed by atoms with E-state index in [9.17, 15) is 0 Å². The molecule has 2 heterocycles. The van der Waals surface area contributed by atoms with Crippen molar-refractivity contribution < 1.29 is 0 Å². The topological polar surface area (TPSA) is 9.86 Å². The molecular weight excluding hydrogens is 705 g/mol. The van der Waals surface area contributed by atoms with Gasteiger partial charge in [-0.15, -0.1) is 0 Å². The predicted molar refractivity (Wildman–Crippen MR) is 244 cm³/mol. The molecule has 0 fully saturated rings. The highest BCUT2D eigenvalue weighted by molar-refractivity contribution is 7.20. The minimum absolute atomic E-state index is 1.14. The van der Waals surface area contributed by atoms with Crippen molar-refractivity contribution in [1.29, 1.82) is 0 Å². The quantitative estimate of drug-likeness (QED) is 0.114. The predicted octanol–water partition coefficient (Wildman–Crippen LogP) is 10.9. The largest absolute Gasteiger partial charge is 0.309 e. The molecule has 0 aliphatic carbocycles. The molecule has 0 atom stereocenters. The lowest BCUT2D eigenvalue weighted by Gasteiger charge is -2.36. The van der Waals surface area contributed by atoms with Crippen molar-refractivity contribution in [2.24, 2.45) is 0 Å². The lowest BCUT2D eigenvalue weighted by molar-refractivity contribution is 1.17. The van der Waals surface area contributed by atoms with Crippen LogP contribution in [-0.2, 0) is 0 Å². The van der Waals surface area contributed by atoms with Crippen molar-refractivity contribution in [3.05, 3.63) is 231 Å². The molecule has 57 heavy (non-hydrogen) atoms. The maximum absolute atomic E-state index is 2.78. The summed E-state index contributed by atoms with van der Waals surface area (Å²) in [6.07, 6.45) is 0. The average molecular weight is 743 g/mol. The Morgan fingerprint density at radius 1 is 0.281 bits per heavy atom. The van der Waals surface area contributed by atoms with Crippen LogP contribution in [0.4, 0.5) is 0 Å². The highest BCUT2D eigenvalue weighted by atomic mass is 28.3. The van der Waals surface area contributed by atoms with Crippen molar-refractivity contribution in [3.63, 3.8) is 0 Å². The molecule has 0 aliphatic rings. The Labute approximate surface area is 333 Å². The molecule has 0 unspecified atom stereocenters. The van der Waals surface area contributed by atoms with Gasteiger partial charge in [-0.3, -0.25) is 0 Å². The number of aromatic nitrogens is 2. The molecule has 2 aromatic heterocycles. The van der Waals surface area contributed by atoms with Gasteiger partial charge in [0, 0.05) is 32.9 Å². The van der Waals surface area contributed by atoms with Crippen LogP contribution in [0.15, 0.2) is 231 Å². The van der Waals surface area contributed by atoms with Crippen molar-refractivity contribution >= 4 is 72.4 Å². The number of para-hydroxylation sites is 3. The molecule has 2 nitrogen and oxygen atoms in total. The molecule has 0 saturated carbocycles. The Morgan fingerprint density at radius 2 is 0.702 bits per heavy atom. The number of hydrogen-bond acceptors (Lipinski definition) is 0. The lowest BCUT2D eigenvalue weighted by atomic mass is 10.0. The summed E-state index contributed by atoms with van der Waals surface area (Å²) >= 11 is 0. The van der Waals surface area contributed by atoms with Crippen LogP contribution in [-0.4, -0.2) is 17.2 Å². The van der Waals surface area contributed by atoms with Gasteiger partial charge in [-0.25, -0.2) is 0 Å². The van der Waals surface area contributed by atoms with Gasteiger partial charge in [-0.2, -0.15) is 0 Å². The normalized spacial score (nSPS) is 11.9. The summed E-state index contributed by atoms with van der Waals surface area (Å²) in [6.45, 7) is 0. The zero-order valence-electron chi connectivity index (χ0n) is 31.3. The molecule has 0 amide bonds. The fourth-order valence-corrected chi connectivity index (χ4v) is 14.5. The van der Waals surface area contributed by atoms with E-state index < -0.39 is 8.07 Å². The molecule has 0 spiro atoms. The monoisotopic (exact) mass is 742 g/mol. The first-order valence-electron chi connectivity index (χ1n) is 19.7. The summed E-state index contributed by atoms with van der Waals surface area (Å²) in [5.41, 5.74) is 9.59. The van der Waals surface area contributed by atoms with Crippen molar-refractivity contribution in [2.45, 2.75) is 0 Å². The van der Waals surface area contributed by atoms with Crippen molar-refractivity contribution in [3.8, 4) is 22.5 Å². The van der Waals surface area contributed by atoms with E-state index >= 15 is 0 Å². The van der Waals surface area contributed by atoms with Crippen LogP contribution < -0.4 is 20.7 Å². The Balaban J connectivity index is 1.13. The van der Waals surface area contributed by atoms with Gasteiger partial charge in [0.2, 0.25) is 0 Å². The first kappa shape index (κ1) is 33.2. The SMILES string of the molecule is c1ccc([Si](c2ccccc2)(c2ccccc2)c2ccccc2-c2cccc(-n3c4ccccc4c4cc(-n5c6ccccc6c6ccccc65)ccc43)c2)cc1. The van der Waals surface area contributed by atoms with Gasteiger partial charge in [-0.1, -0.05) is 182 Å². The van der Waals surface area contributed by atoms with Crippen molar-refractivity contribution in [1.82, 2.24) is 9.13 Å². The fourth-order valence-electron chi connectivity index (χ4n) is 9.48. The summed E-state index contributed by atoms with van der Waals surface area (Å²) < 4.78 is 4.86. The van der Waals surface area contributed by atoms with Crippen LogP contribution in [0.1, 0.15) is 0 Å². The van der Waals surface area contributed by atoms with E-state index in [1.54, 1.807) is 0 Å². The standard InChI is InChI=1S/C54H38N2Si/c1-4-21-42(22-5-1)57(43-23-6-2-7-24-43,44-25-8-3-9-26-44)54-34-17-13-27-45(54)39-19-18-20-40(37-39)55-52-33-16-12-30-48(52)49-38-41(35-36-53(49)55)56-50-31-14-10-28-46(50)47-29-11-15-32-51(47)56/h1-38H. The first-order chi connectivity index (χ1) is 28.3. The highest BCUT2D eigenvalue weighted by Gasteiger charge is 2.42. The van der Waals surface area contributed by atoms with E-state index in [0.717, 1.165) is 11.4 Å². The third-order valence-corrected chi connectivity index (χ3v) is 16.7. The van der Waals surface area contributed by atoms with Crippen LogP contribution in [0, 0.1) is 0 Å². The van der Waals surface area contributed by atoms with Gasteiger partial charge in [0.15, 0.2) is 8.07 Å². The smallest absolute Gasteiger partial charge is 0.180 e. The average Bonchev–Trinajstić information content (AvgIpc) is 3.81. The van der Waals surface area contributed by atoms with E-state index in [1.165, 1.54) is 75.5 Å². The van der Waals surface area contributed by atoms with Crippen LogP contribution in [0.3, 0.4) is 0 Å². The molecule has 9 aromatic carbocycles. The lowest BCUT2D eigenvalue weighted by Crippen LogP contribution is -2.75. The van der Waals surface area contributed by atoms with E-state index in [1.807, 2.05) is 0 Å². The van der Waals surface area contributed by atoms with Crippen LogP contribution >= 0.6 is 0 Å². The number of rotatable bonds is 7. The number of benzene rings is 9. The van der Waals surface area contributed by atoms with Crippen LogP contribution in [0.25, 0.3) is 66.1 Å². The van der Waals surface area contributed by atoms with E-state index in [0.29, 0.717) is 0 Å². The van der Waals surface area contributed by atoms with Gasteiger partial charge in [0.1, 0.15) is 0 Å². The number of nitrogens with zero attached hydrogens (tertiary/aromatic N) is 2. The van der Waals surface area contributed by atoms with Crippen LogP contribution in [0.5, 0.6) is 0 Å². The second kappa shape index (κ2) is 13.5. The third kappa shape index (κ3) is 5.17. The maximum atomic E-state index is 2.45. The molecule has 0 radical (unpaired) electrons. The summed E-state index contributed by atoms with van der Waals surface area (Å²) in [7, 11) is -2.78. The summed E-state index contributed by atoms with van der Waals surface area (Å²) in [5.74, 6) is 0. The molecule has 0 saturated heterocycles. The number of fused-ring (bicyclic) bond motifs is 6. The number of hydrogen-bond donors (Lipinski definition) is 0. The first-order valence-corrected chi connectivity index (χ1v) is 21.7. The summed E-state index contributed by atoms with van der Waals surface area (Å²) in [4.78, 5) is 0. The molecule has 0 N–H and O–H groups in total. The van der Waals surface area contributed by atoms with E-state index in [2.05, 4.69) is 240 Å². The Bertz CT molecular complexity index is 3080. The van der Waals surface area contributed by atoms with Gasteiger partial charge in [0.25, 0.3) is 0 Å². The van der Waals surface area contributed by atoms with E-state index in [4.69, 9.17) is 0 Å². The fraction of sp³-hybridized carbons (Fsp3) is 0. The van der Waals surface area contributed by atoms with Crippen LogP contribution in [0.2, 0.25) is 0 Å². The molecule has 3 heteroatoms. The Kier molecular flexibility index (Phi) is 7.87. The van der Waals surface area contributed by atoms with Gasteiger partial charge in [-0.05, 0) is 80.4 Å². The second-order valence-corrected chi connectivity index (χ2v) is 18.6. The third-order valence-electron chi connectivity index (χ3n) is 11.9. The zero-order chi connectivity index (χ0) is 37.8. The highest BCUT2D eigenvalue weighted by Crippen LogP contribution is 2.37. The maximum Gasteiger partial charge on any atom is 0.180 e. The summed E-state index contributed by atoms with van der Waals surface area (Å²) in [6, 6.07) is 85.2. The van der Waals surface area contributed by atoms with Gasteiger partial charge in [0.05, 0.1) is 22.1 Å². The molecule has 0 aliphatic heterocycles. The summed E-state index contributed by atoms with van der Waals surface area (Å²) in [5, 5.41) is 10.5. The minimum atomic E-state index is -2.78. The van der Waals surface area contributed by atoms with Crippen molar-refractivity contribution in [2.75, 3.05) is 0 Å². The molecule has 0 bridgehead atoms.